The summed E-state index contributed by atoms with van der Waals surface area (Å²) in [6.45, 7) is 0. The van der Waals surface area contributed by atoms with Crippen molar-refractivity contribution in [2.24, 2.45) is 0 Å². The molecule has 11 heavy (non-hydrogen) atoms. The van der Waals surface area contributed by atoms with Gasteiger partial charge in [0.15, 0.2) is 6.37 Å². The van der Waals surface area contributed by atoms with Gasteiger partial charge in [0, 0.05) is 0 Å². The van der Waals surface area contributed by atoms with Crippen molar-refractivity contribution in [1.82, 2.24) is 9.55 Å². The molecule has 1 aromatic heterocycles. The van der Waals surface area contributed by atoms with Crippen LogP contribution in [-0.2, 0) is 0 Å². The van der Waals surface area contributed by atoms with Crippen LogP contribution < -0.4 is 0 Å². The van der Waals surface area contributed by atoms with E-state index < -0.39 is 4.92 Å². The van der Waals surface area contributed by atoms with Crippen molar-refractivity contribution in [2.75, 3.05) is 0 Å². The Morgan fingerprint density at radius 2 is 2.55 bits per heavy atom. The summed E-state index contributed by atoms with van der Waals surface area (Å²) in [7, 11) is 0. The molecular weight excluding hydrogens is 348 g/mol. The third-order valence-electron chi connectivity index (χ3n) is 0.954. The summed E-state index contributed by atoms with van der Waals surface area (Å²) in [5.41, 5.74) is 0. The fraction of sp³-hybridized carbons (Fsp3) is 0. The monoisotopic (exact) mass is 349 g/mol. The van der Waals surface area contributed by atoms with Gasteiger partial charge in [0.05, 0.1) is 6.20 Å². The number of hydrogen-bond acceptors (Lipinski definition) is 3. The topological polar surface area (TPSA) is 61.0 Å². The van der Waals surface area contributed by atoms with Crippen LogP contribution in [0.4, 0.5) is 5.82 Å². The normalized spacial score (nSPS) is 11.1. The zero-order chi connectivity index (χ0) is 8.43. The Kier molecular flexibility index (Phi) is 3.20. The largest absolute Gasteiger partial charge is 0.362 e. The Morgan fingerprint density at radius 1 is 1.91 bits per heavy atom. The number of aromatic nitrogens is 2. The zero-order valence-electron chi connectivity index (χ0n) is 4.99. The molecule has 0 spiro atoms. The lowest BCUT2D eigenvalue weighted by atomic mass is 10.7. The second-order valence-electron chi connectivity index (χ2n) is 1.57. The quantitative estimate of drug-likeness (QED) is 0.356. The molecule has 0 aliphatic heterocycles. The van der Waals surface area contributed by atoms with Gasteiger partial charge in [-0.2, -0.15) is 0 Å². The average molecular weight is 350 g/mol. The van der Waals surface area contributed by atoms with Crippen LogP contribution in [0.25, 0.3) is 0 Å². The maximum atomic E-state index is 10.4. The maximum Gasteiger partial charge on any atom is 0.362 e. The summed E-state index contributed by atoms with van der Waals surface area (Å²) in [4.78, 5) is 9.92. The fourth-order valence-electron chi connectivity index (χ4n) is 0.548. The molecule has 1 rings (SSSR count). The fourth-order valence-corrected chi connectivity index (χ4v) is 2.56. The number of hydrogen-bond donors (Lipinski definition) is 0. The molecule has 0 saturated carbocycles. The Hall–Kier alpha value is 0.250. The molecule has 0 amide bonds. The van der Waals surface area contributed by atoms with Crippen LogP contribution in [0.5, 0.6) is 0 Å². The van der Waals surface area contributed by atoms with E-state index in [1.54, 1.807) is 0 Å². The lowest BCUT2D eigenvalue weighted by Crippen LogP contribution is -1.94. The van der Waals surface area contributed by atoms with E-state index in [9.17, 15) is 10.1 Å². The van der Waals surface area contributed by atoms with Crippen molar-refractivity contribution >= 4 is 50.2 Å². The van der Waals surface area contributed by atoms with E-state index in [4.69, 9.17) is 0 Å². The highest BCUT2D eigenvalue weighted by Crippen LogP contribution is 2.33. The standard InChI is InChI=1S/C3H2BrIN3O2P/c4-2-1-6-7(11-5)3(2)8(9)10/h1,11H. The Balaban J connectivity index is 3.17. The van der Waals surface area contributed by atoms with Crippen molar-refractivity contribution in [1.29, 1.82) is 0 Å². The molecule has 8 heteroatoms. The minimum Gasteiger partial charge on any atom is -0.358 e. The van der Waals surface area contributed by atoms with Crippen LogP contribution in [0.15, 0.2) is 10.7 Å². The van der Waals surface area contributed by atoms with Gasteiger partial charge in [-0.1, -0.05) is 5.10 Å². The summed E-state index contributed by atoms with van der Waals surface area (Å²) < 4.78 is 1.76. The summed E-state index contributed by atoms with van der Waals surface area (Å²) in [6.07, 6.45) is 1.67. The SMILES string of the molecule is O=[N+]([O-])c1c(Br)cnn1PI. The summed E-state index contributed by atoms with van der Waals surface area (Å²) in [5, 5.41) is 14.2. The Morgan fingerprint density at radius 3 is 2.91 bits per heavy atom. The van der Waals surface area contributed by atoms with Gasteiger partial charge in [-0.25, -0.2) is 0 Å². The first kappa shape index (κ1) is 9.34. The van der Waals surface area contributed by atoms with E-state index in [0.717, 1.165) is 0 Å². The van der Waals surface area contributed by atoms with Crippen LogP contribution >= 0.6 is 44.3 Å². The first-order valence-corrected chi connectivity index (χ1v) is 7.27. The minimum atomic E-state index is -0.456. The minimum absolute atomic E-state index is 0.0118. The number of rotatable bonds is 2. The van der Waals surface area contributed by atoms with Gasteiger partial charge >= 0.3 is 5.82 Å². The van der Waals surface area contributed by atoms with Gasteiger partial charge in [-0.3, -0.25) is 0 Å². The lowest BCUT2D eigenvalue weighted by molar-refractivity contribution is -0.391. The second-order valence-corrected chi connectivity index (χ2v) is 4.46. The van der Waals surface area contributed by atoms with Crippen molar-refractivity contribution in [2.45, 2.75) is 0 Å². The first-order chi connectivity index (χ1) is 5.16. The Bertz CT molecular complexity index is 290. The molecule has 0 saturated heterocycles. The molecule has 1 atom stereocenters. The molecular formula is C3H2BrIN3O2P. The molecule has 1 aromatic rings. The van der Waals surface area contributed by atoms with E-state index in [0.29, 0.717) is 4.47 Å². The van der Waals surface area contributed by atoms with E-state index in [2.05, 4.69) is 21.0 Å². The molecule has 0 bridgehead atoms. The van der Waals surface area contributed by atoms with Gasteiger partial charge in [0.25, 0.3) is 0 Å². The average Bonchev–Trinajstić information content (AvgIpc) is 2.30. The summed E-state index contributed by atoms with van der Waals surface area (Å²) in [5.74, 6) is 0.0118. The van der Waals surface area contributed by atoms with Crippen molar-refractivity contribution < 1.29 is 4.92 Å². The van der Waals surface area contributed by atoms with E-state index in [1.165, 1.54) is 10.6 Å². The number of nitro groups is 1. The molecule has 5 nitrogen and oxygen atoms in total. The molecule has 0 radical (unpaired) electrons. The second kappa shape index (κ2) is 3.77. The van der Waals surface area contributed by atoms with E-state index >= 15 is 0 Å². The van der Waals surface area contributed by atoms with E-state index in [1.807, 2.05) is 22.0 Å². The third-order valence-corrected chi connectivity index (χ3v) is 3.37. The first-order valence-electron chi connectivity index (χ1n) is 2.41. The predicted molar refractivity (Wildman–Crippen MR) is 54.3 cm³/mol. The van der Waals surface area contributed by atoms with Gasteiger partial charge in [-0.15, -0.1) is 4.45 Å². The molecule has 0 aliphatic carbocycles. The van der Waals surface area contributed by atoms with Crippen molar-refractivity contribution in [3.8, 4) is 0 Å². The van der Waals surface area contributed by atoms with Crippen molar-refractivity contribution in [3.05, 3.63) is 20.8 Å². The third kappa shape index (κ3) is 1.88. The van der Waals surface area contributed by atoms with Crippen molar-refractivity contribution in [3.63, 3.8) is 0 Å². The van der Waals surface area contributed by atoms with Crippen LogP contribution in [0.3, 0.4) is 0 Å². The molecule has 0 aromatic carbocycles. The highest BCUT2D eigenvalue weighted by molar-refractivity contribution is 14.2. The van der Waals surface area contributed by atoms with Crippen LogP contribution in [-0.4, -0.2) is 14.5 Å². The highest BCUT2D eigenvalue weighted by Gasteiger charge is 2.18. The molecule has 0 aliphatic rings. The van der Waals surface area contributed by atoms with Gasteiger partial charge in [0.2, 0.25) is 0 Å². The Labute approximate surface area is 85.1 Å². The van der Waals surface area contributed by atoms with Gasteiger partial charge < -0.3 is 10.1 Å². The predicted octanol–water partition coefficient (Wildman–Crippen LogP) is 2.35. The van der Waals surface area contributed by atoms with Gasteiger partial charge in [0.1, 0.15) is 4.47 Å². The van der Waals surface area contributed by atoms with Crippen LogP contribution in [0, 0.1) is 10.1 Å². The highest BCUT2D eigenvalue weighted by atomic mass is 127. The van der Waals surface area contributed by atoms with Crippen LogP contribution in [0.2, 0.25) is 0 Å². The zero-order valence-corrected chi connectivity index (χ0v) is 9.73. The van der Waals surface area contributed by atoms with Gasteiger partial charge in [-0.05, 0) is 42.9 Å². The number of halogens is 2. The summed E-state index contributed by atoms with van der Waals surface area (Å²) >= 11 is 5.06. The van der Waals surface area contributed by atoms with E-state index in [-0.39, 0.29) is 12.2 Å². The lowest BCUT2D eigenvalue weighted by Gasteiger charge is -1.93. The number of nitrogens with zero attached hydrogens (tertiary/aromatic N) is 3. The summed E-state index contributed by atoms with van der Waals surface area (Å²) in [6, 6.07) is 0. The molecule has 0 fully saturated rings. The smallest absolute Gasteiger partial charge is 0.358 e. The molecule has 0 N–H and O–H groups in total. The maximum absolute atomic E-state index is 10.4. The van der Waals surface area contributed by atoms with Crippen LogP contribution in [0.1, 0.15) is 0 Å². The molecule has 60 valence electrons. The molecule has 1 unspecified atom stereocenters. The molecule has 1 heterocycles.